The largest absolute Gasteiger partial charge is 0.489 e. The Bertz CT molecular complexity index is 618. The second kappa shape index (κ2) is 6.92. The Labute approximate surface area is 138 Å². The summed E-state index contributed by atoms with van der Waals surface area (Å²) < 4.78 is 33.9. The fraction of sp³-hybridized carbons (Fsp3) is 0.538. The number of benzene rings is 1. The third-order valence-corrected chi connectivity index (χ3v) is 5.54. The van der Waals surface area contributed by atoms with E-state index in [9.17, 15) is 8.42 Å². The molecule has 8 heteroatoms. The van der Waals surface area contributed by atoms with Gasteiger partial charge >= 0.3 is 0 Å². The van der Waals surface area contributed by atoms with Crippen LogP contribution in [0, 0.1) is 0 Å². The van der Waals surface area contributed by atoms with E-state index in [-0.39, 0.29) is 27.1 Å². The molecule has 1 aliphatic carbocycles. The molecule has 4 nitrogen and oxygen atoms in total. The van der Waals surface area contributed by atoms with Crippen LogP contribution in [0.5, 0.6) is 5.75 Å². The standard InChI is InChI=1S/C13H15Cl3O4S/c1-19-8-3-2-4-9(5-8)20-12-6-11(15)13(7-10(12)14)21(16,17)18/h6-9H,2-5H2,1H3. The van der Waals surface area contributed by atoms with Crippen molar-refractivity contribution in [2.24, 2.45) is 0 Å². The summed E-state index contributed by atoms with van der Waals surface area (Å²) in [5.74, 6) is 0.354. The number of hydrogen-bond acceptors (Lipinski definition) is 4. The number of rotatable bonds is 4. The lowest BCUT2D eigenvalue weighted by Crippen LogP contribution is -2.29. The van der Waals surface area contributed by atoms with Crippen molar-refractivity contribution in [3.8, 4) is 5.75 Å². The normalized spacial score (nSPS) is 23.0. The molecule has 118 valence electrons. The summed E-state index contributed by atoms with van der Waals surface area (Å²) in [5, 5.41) is 0.154. The molecule has 2 unspecified atom stereocenters. The summed E-state index contributed by atoms with van der Waals surface area (Å²) in [4.78, 5) is -0.221. The van der Waals surface area contributed by atoms with Crippen LogP contribution in [-0.2, 0) is 13.8 Å². The molecule has 1 aromatic rings. The molecule has 0 bridgehead atoms. The maximum atomic E-state index is 11.4. The lowest BCUT2D eigenvalue weighted by molar-refractivity contribution is 0.0210. The molecule has 0 saturated heterocycles. The van der Waals surface area contributed by atoms with Crippen molar-refractivity contribution in [1.82, 2.24) is 0 Å². The van der Waals surface area contributed by atoms with Crippen molar-refractivity contribution >= 4 is 42.9 Å². The van der Waals surface area contributed by atoms with Gasteiger partial charge in [-0.15, -0.1) is 0 Å². The van der Waals surface area contributed by atoms with Gasteiger partial charge in [0.25, 0.3) is 9.05 Å². The van der Waals surface area contributed by atoms with Crippen LogP contribution in [0.3, 0.4) is 0 Å². The fourth-order valence-corrected chi connectivity index (χ4v) is 4.17. The second-order valence-corrected chi connectivity index (χ2v) is 8.26. The number of halogens is 3. The minimum atomic E-state index is -3.94. The van der Waals surface area contributed by atoms with Crippen LogP contribution in [0.2, 0.25) is 10.0 Å². The topological polar surface area (TPSA) is 52.6 Å². The molecule has 0 N–H and O–H groups in total. The van der Waals surface area contributed by atoms with Gasteiger partial charge in [-0.3, -0.25) is 0 Å². The molecule has 0 radical (unpaired) electrons. The maximum Gasteiger partial charge on any atom is 0.262 e. The average molecular weight is 374 g/mol. The van der Waals surface area contributed by atoms with Gasteiger partial charge in [0, 0.05) is 30.3 Å². The van der Waals surface area contributed by atoms with Crippen LogP contribution in [0.1, 0.15) is 25.7 Å². The third kappa shape index (κ3) is 4.39. The Hall–Kier alpha value is -0.200. The molecule has 2 rings (SSSR count). The second-order valence-electron chi connectivity index (χ2n) is 4.92. The summed E-state index contributed by atoms with van der Waals surface area (Å²) in [7, 11) is 3.03. The first-order valence-corrected chi connectivity index (χ1v) is 9.51. The van der Waals surface area contributed by atoms with Crippen LogP contribution in [0.4, 0.5) is 0 Å². The predicted octanol–water partition coefficient (Wildman–Crippen LogP) is 4.26. The van der Waals surface area contributed by atoms with Crippen LogP contribution in [-0.4, -0.2) is 27.7 Å². The molecule has 2 atom stereocenters. The molecular formula is C13H15Cl3O4S. The molecule has 1 aromatic carbocycles. The molecule has 0 aliphatic heterocycles. The van der Waals surface area contributed by atoms with E-state index in [4.69, 9.17) is 43.4 Å². The first-order chi connectivity index (χ1) is 9.81. The van der Waals surface area contributed by atoms with Crippen LogP contribution in [0.25, 0.3) is 0 Å². The quantitative estimate of drug-likeness (QED) is 0.740. The lowest BCUT2D eigenvalue weighted by Gasteiger charge is -2.29. The summed E-state index contributed by atoms with van der Waals surface area (Å²) in [6.45, 7) is 0. The molecule has 0 amide bonds. The van der Waals surface area contributed by atoms with E-state index in [1.165, 1.54) is 12.1 Å². The summed E-state index contributed by atoms with van der Waals surface area (Å²) in [6, 6.07) is 2.59. The Morgan fingerprint density at radius 2 is 1.81 bits per heavy atom. The number of hydrogen-bond donors (Lipinski definition) is 0. The zero-order chi connectivity index (χ0) is 15.6. The number of ether oxygens (including phenoxy) is 2. The van der Waals surface area contributed by atoms with E-state index in [0.717, 1.165) is 25.7 Å². The molecule has 0 heterocycles. The lowest BCUT2D eigenvalue weighted by atomic mass is 9.95. The van der Waals surface area contributed by atoms with Gasteiger partial charge in [-0.05, 0) is 25.3 Å². The van der Waals surface area contributed by atoms with Crippen molar-refractivity contribution < 1.29 is 17.9 Å². The zero-order valence-electron chi connectivity index (χ0n) is 11.3. The van der Waals surface area contributed by atoms with Gasteiger partial charge in [-0.25, -0.2) is 8.42 Å². The van der Waals surface area contributed by atoms with E-state index >= 15 is 0 Å². The average Bonchev–Trinajstić information content (AvgIpc) is 2.41. The van der Waals surface area contributed by atoms with Gasteiger partial charge in [0.1, 0.15) is 16.7 Å². The highest BCUT2D eigenvalue weighted by molar-refractivity contribution is 8.13. The van der Waals surface area contributed by atoms with Gasteiger partial charge in [-0.1, -0.05) is 23.2 Å². The zero-order valence-corrected chi connectivity index (χ0v) is 14.4. The van der Waals surface area contributed by atoms with Crippen LogP contribution in [0.15, 0.2) is 17.0 Å². The smallest absolute Gasteiger partial charge is 0.262 e. The minimum Gasteiger partial charge on any atom is -0.489 e. The number of methoxy groups -OCH3 is 1. The van der Waals surface area contributed by atoms with E-state index in [1.54, 1.807) is 7.11 Å². The van der Waals surface area contributed by atoms with E-state index in [2.05, 4.69) is 0 Å². The molecule has 1 aliphatic rings. The first-order valence-electron chi connectivity index (χ1n) is 6.44. The molecular weight excluding hydrogens is 359 g/mol. The van der Waals surface area contributed by atoms with Gasteiger partial charge in [0.05, 0.1) is 16.1 Å². The third-order valence-electron chi connectivity index (χ3n) is 3.45. The summed E-state index contributed by atoms with van der Waals surface area (Å²) in [6.07, 6.45) is 3.80. The Kier molecular flexibility index (Phi) is 5.65. The highest BCUT2D eigenvalue weighted by Crippen LogP contribution is 2.36. The maximum absolute atomic E-state index is 11.4. The van der Waals surface area contributed by atoms with Gasteiger partial charge < -0.3 is 9.47 Å². The monoisotopic (exact) mass is 372 g/mol. The fourth-order valence-electron chi connectivity index (χ4n) is 2.39. The van der Waals surface area contributed by atoms with Crippen LogP contribution >= 0.6 is 33.9 Å². The minimum absolute atomic E-state index is 0.0106. The molecule has 1 saturated carbocycles. The van der Waals surface area contributed by atoms with Gasteiger partial charge in [0.15, 0.2) is 0 Å². The molecule has 21 heavy (non-hydrogen) atoms. The van der Waals surface area contributed by atoms with Crippen molar-refractivity contribution in [1.29, 1.82) is 0 Å². The Morgan fingerprint density at radius 1 is 1.14 bits per heavy atom. The molecule has 0 aromatic heterocycles. The summed E-state index contributed by atoms with van der Waals surface area (Å²) in [5.41, 5.74) is 0. The Morgan fingerprint density at radius 3 is 2.43 bits per heavy atom. The highest BCUT2D eigenvalue weighted by Gasteiger charge is 2.25. The van der Waals surface area contributed by atoms with Crippen molar-refractivity contribution in [3.63, 3.8) is 0 Å². The highest BCUT2D eigenvalue weighted by atomic mass is 35.7. The Balaban J connectivity index is 2.20. The van der Waals surface area contributed by atoms with E-state index < -0.39 is 9.05 Å². The molecule has 0 spiro atoms. The first kappa shape index (κ1) is 17.2. The molecule has 1 fully saturated rings. The van der Waals surface area contributed by atoms with E-state index in [1.807, 2.05) is 0 Å². The van der Waals surface area contributed by atoms with Crippen molar-refractivity contribution in [2.75, 3.05) is 7.11 Å². The van der Waals surface area contributed by atoms with Crippen molar-refractivity contribution in [3.05, 3.63) is 22.2 Å². The van der Waals surface area contributed by atoms with Crippen LogP contribution < -0.4 is 4.74 Å². The van der Waals surface area contributed by atoms with Gasteiger partial charge in [0.2, 0.25) is 0 Å². The SMILES string of the molecule is COC1CCCC(Oc2cc(Cl)c(S(=O)(=O)Cl)cc2Cl)C1. The van der Waals surface area contributed by atoms with Crippen molar-refractivity contribution in [2.45, 2.75) is 42.8 Å². The predicted molar refractivity (Wildman–Crippen MR) is 83.2 cm³/mol. The van der Waals surface area contributed by atoms with E-state index in [0.29, 0.717) is 5.75 Å². The summed E-state index contributed by atoms with van der Waals surface area (Å²) >= 11 is 12.0. The van der Waals surface area contributed by atoms with Gasteiger partial charge in [-0.2, -0.15) is 0 Å².